The Balaban J connectivity index is 1.97. The number of nitrogens with zero attached hydrogens (tertiary/aromatic N) is 2. The molecule has 0 aliphatic carbocycles. The third-order valence-electron chi connectivity index (χ3n) is 3.21. The fourth-order valence-corrected chi connectivity index (χ4v) is 2.64. The second kappa shape index (κ2) is 4.55. The molecule has 0 amide bonds. The van der Waals surface area contributed by atoms with Crippen LogP contribution in [-0.2, 0) is 4.79 Å². The zero-order valence-electron chi connectivity index (χ0n) is 9.35. The van der Waals surface area contributed by atoms with Gasteiger partial charge >= 0.3 is 5.97 Å². The largest absolute Gasteiger partial charge is 0.481 e. The fourth-order valence-electron chi connectivity index (χ4n) is 2.25. The molecule has 2 aliphatic heterocycles. The number of fused-ring (bicyclic) bond motifs is 1. The van der Waals surface area contributed by atoms with Gasteiger partial charge in [0.05, 0.1) is 12.0 Å². The van der Waals surface area contributed by atoms with E-state index in [2.05, 4.69) is 10.2 Å². The van der Waals surface area contributed by atoms with E-state index in [0.29, 0.717) is 12.6 Å². The molecule has 2 atom stereocenters. The van der Waals surface area contributed by atoms with Gasteiger partial charge in [-0.2, -0.15) is 0 Å². The van der Waals surface area contributed by atoms with E-state index in [4.69, 9.17) is 17.3 Å². The quantitative estimate of drug-likeness (QED) is 0.657. The summed E-state index contributed by atoms with van der Waals surface area (Å²) >= 11 is 5.37. The maximum Gasteiger partial charge on any atom is 0.308 e. The van der Waals surface area contributed by atoms with Crippen LogP contribution in [0.15, 0.2) is 0 Å². The van der Waals surface area contributed by atoms with E-state index >= 15 is 0 Å². The highest BCUT2D eigenvalue weighted by Crippen LogP contribution is 2.18. The lowest BCUT2D eigenvalue weighted by molar-refractivity contribution is -0.141. The van der Waals surface area contributed by atoms with Crippen molar-refractivity contribution < 1.29 is 9.90 Å². The molecule has 0 aromatic carbocycles. The molecule has 2 N–H and O–H groups in total. The minimum absolute atomic E-state index is 0.368. The Morgan fingerprint density at radius 1 is 1.75 bits per heavy atom. The summed E-state index contributed by atoms with van der Waals surface area (Å²) in [4.78, 5) is 15.0. The highest BCUT2D eigenvalue weighted by Gasteiger charge is 2.36. The molecule has 2 unspecified atom stereocenters. The topological polar surface area (TPSA) is 55.8 Å². The van der Waals surface area contributed by atoms with Gasteiger partial charge in [-0.3, -0.25) is 4.79 Å². The van der Waals surface area contributed by atoms with Crippen molar-refractivity contribution >= 4 is 23.3 Å². The van der Waals surface area contributed by atoms with Crippen LogP contribution < -0.4 is 5.32 Å². The summed E-state index contributed by atoms with van der Waals surface area (Å²) < 4.78 is 0. The van der Waals surface area contributed by atoms with Gasteiger partial charge in [0.2, 0.25) is 0 Å². The van der Waals surface area contributed by atoms with Gasteiger partial charge in [-0.25, -0.2) is 0 Å². The zero-order valence-corrected chi connectivity index (χ0v) is 10.2. The summed E-state index contributed by atoms with van der Waals surface area (Å²) in [5.74, 6) is -1.13. The van der Waals surface area contributed by atoms with Crippen LogP contribution >= 0.6 is 12.2 Å². The van der Waals surface area contributed by atoms with Crippen LogP contribution in [0, 0.1) is 5.92 Å². The molecule has 2 heterocycles. The highest BCUT2D eigenvalue weighted by atomic mass is 32.1. The molecule has 0 aromatic heterocycles. The standard InChI is InChI=1S/C10H17N3O2S/c1-7(9(14)15)5-12-6-8-4-11-2-3-13(8)10(12)16/h7-8,11H,2-6H2,1H3,(H,14,15). The molecule has 2 rings (SSSR count). The number of carboxylic acid groups (broad SMARTS) is 1. The first kappa shape index (κ1) is 11.6. The van der Waals surface area contributed by atoms with Crippen molar-refractivity contribution in [2.24, 2.45) is 5.92 Å². The molecule has 0 radical (unpaired) electrons. The number of aliphatic carboxylic acids is 1. The molecular weight excluding hydrogens is 226 g/mol. The van der Waals surface area contributed by atoms with E-state index in [1.807, 2.05) is 4.90 Å². The lowest BCUT2D eigenvalue weighted by atomic mass is 10.1. The Hall–Kier alpha value is -0.880. The monoisotopic (exact) mass is 243 g/mol. The van der Waals surface area contributed by atoms with E-state index in [9.17, 15) is 4.79 Å². The second-order valence-corrected chi connectivity index (χ2v) is 4.84. The predicted molar refractivity (Wildman–Crippen MR) is 64.3 cm³/mol. The van der Waals surface area contributed by atoms with Crippen LogP contribution in [-0.4, -0.2) is 64.8 Å². The van der Waals surface area contributed by atoms with Crippen molar-refractivity contribution in [3.63, 3.8) is 0 Å². The summed E-state index contributed by atoms with van der Waals surface area (Å²) in [5.41, 5.74) is 0. The molecule has 90 valence electrons. The number of carbonyl (C=O) groups is 1. The van der Waals surface area contributed by atoms with Crippen LogP contribution in [0.5, 0.6) is 0 Å². The Labute approximate surface area is 100 Å². The molecule has 2 aliphatic rings. The first-order valence-corrected chi connectivity index (χ1v) is 5.99. The SMILES string of the molecule is CC(CN1CC2CNCCN2C1=S)C(=O)O. The molecule has 6 heteroatoms. The van der Waals surface area contributed by atoms with Crippen LogP contribution in [0.25, 0.3) is 0 Å². The predicted octanol–water partition coefficient (Wildman–Crippen LogP) is -0.419. The third-order valence-corrected chi connectivity index (χ3v) is 3.71. The maximum absolute atomic E-state index is 10.8. The first-order chi connectivity index (χ1) is 7.59. The van der Waals surface area contributed by atoms with Crippen LogP contribution in [0.2, 0.25) is 0 Å². The molecule has 0 aromatic rings. The number of rotatable bonds is 3. The average molecular weight is 243 g/mol. The van der Waals surface area contributed by atoms with E-state index in [1.54, 1.807) is 6.92 Å². The molecule has 0 bridgehead atoms. The minimum atomic E-state index is -0.759. The van der Waals surface area contributed by atoms with Crippen LogP contribution in [0.4, 0.5) is 0 Å². The summed E-state index contributed by atoms with van der Waals surface area (Å²) in [7, 11) is 0. The van der Waals surface area contributed by atoms with Crippen molar-refractivity contribution in [3.8, 4) is 0 Å². The van der Waals surface area contributed by atoms with Gasteiger partial charge in [-0.1, -0.05) is 6.92 Å². The van der Waals surface area contributed by atoms with Gasteiger partial charge in [0.1, 0.15) is 0 Å². The third kappa shape index (κ3) is 2.12. The zero-order chi connectivity index (χ0) is 11.7. The van der Waals surface area contributed by atoms with Crippen molar-refractivity contribution in [3.05, 3.63) is 0 Å². The van der Waals surface area contributed by atoms with Gasteiger partial charge in [-0.15, -0.1) is 0 Å². The van der Waals surface area contributed by atoms with Gasteiger partial charge in [0.25, 0.3) is 0 Å². The molecule has 2 fully saturated rings. The fraction of sp³-hybridized carbons (Fsp3) is 0.800. The average Bonchev–Trinajstić information content (AvgIpc) is 2.56. The number of nitrogens with one attached hydrogen (secondary N) is 1. The van der Waals surface area contributed by atoms with Gasteiger partial charge in [0, 0.05) is 32.7 Å². The summed E-state index contributed by atoms with van der Waals surface area (Å²) in [6, 6.07) is 0.419. The highest BCUT2D eigenvalue weighted by molar-refractivity contribution is 7.80. The maximum atomic E-state index is 10.8. The van der Waals surface area contributed by atoms with Crippen molar-refractivity contribution in [1.29, 1.82) is 0 Å². The number of piperazine rings is 1. The normalized spacial score (nSPS) is 26.8. The Morgan fingerprint density at radius 3 is 3.12 bits per heavy atom. The van der Waals surface area contributed by atoms with E-state index in [0.717, 1.165) is 31.3 Å². The lowest BCUT2D eigenvalue weighted by Crippen LogP contribution is -2.49. The molecule has 5 nitrogen and oxygen atoms in total. The molecule has 0 saturated carbocycles. The first-order valence-electron chi connectivity index (χ1n) is 5.58. The van der Waals surface area contributed by atoms with Crippen molar-refractivity contribution in [2.75, 3.05) is 32.7 Å². The molecule has 0 spiro atoms. The Morgan fingerprint density at radius 2 is 2.50 bits per heavy atom. The van der Waals surface area contributed by atoms with Gasteiger partial charge in [-0.05, 0) is 12.2 Å². The second-order valence-electron chi connectivity index (χ2n) is 4.48. The molecule has 16 heavy (non-hydrogen) atoms. The van der Waals surface area contributed by atoms with Crippen LogP contribution in [0.1, 0.15) is 6.92 Å². The molecular formula is C10H17N3O2S. The van der Waals surface area contributed by atoms with Gasteiger partial charge in [0.15, 0.2) is 5.11 Å². The Bertz CT molecular complexity index is 310. The summed E-state index contributed by atoms with van der Waals surface area (Å²) in [5, 5.41) is 13.0. The summed E-state index contributed by atoms with van der Waals surface area (Å²) in [6.07, 6.45) is 0. The molecule has 2 saturated heterocycles. The minimum Gasteiger partial charge on any atom is -0.481 e. The smallest absolute Gasteiger partial charge is 0.308 e. The van der Waals surface area contributed by atoms with E-state index < -0.39 is 5.97 Å². The summed E-state index contributed by atoms with van der Waals surface area (Å²) in [6.45, 7) is 5.92. The van der Waals surface area contributed by atoms with E-state index in [-0.39, 0.29) is 5.92 Å². The van der Waals surface area contributed by atoms with Crippen LogP contribution in [0.3, 0.4) is 0 Å². The Kier molecular flexibility index (Phi) is 3.30. The van der Waals surface area contributed by atoms with Crippen molar-refractivity contribution in [2.45, 2.75) is 13.0 Å². The van der Waals surface area contributed by atoms with Crippen molar-refractivity contribution in [1.82, 2.24) is 15.1 Å². The van der Waals surface area contributed by atoms with E-state index in [1.165, 1.54) is 0 Å². The number of hydrogen-bond donors (Lipinski definition) is 2. The number of thiocarbonyl (C=S) groups is 1. The number of hydrogen-bond acceptors (Lipinski definition) is 3. The number of carboxylic acids is 1. The van der Waals surface area contributed by atoms with Gasteiger partial charge < -0.3 is 20.2 Å². The lowest BCUT2D eigenvalue weighted by Gasteiger charge is -2.30.